The molecule has 7 N–H and O–H groups in total. The molecule has 0 heterocycles. The molecule has 0 saturated carbocycles. The molecule has 0 aliphatic heterocycles. The molecule has 0 saturated heterocycles. The molecule has 0 bridgehead atoms. The van der Waals surface area contributed by atoms with Gasteiger partial charge in [0.1, 0.15) is 0 Å². The Balaban J connectivity index is 2.07. The first-order valence-electron chi connectivity index (χ1n) is 8.13. The second-order valence-corrected chi connectivity index (χ2v) is 6.56. The van der Waals surface area contributed by atoms with Crippen LogP contribution in [0.4, 0.5) is 11.4 Å². The van der Waals surface area contributed by atoms with Gasteiger partial charge in [0, 0.05) is 49.2 Å². The zero-order chi connectivity index (χ0) is 17.7. The lowest BCUT2D eigenvalue weighted by atomic mass is 9.77. The minimum Gasteiger partial charge on any atom is -0.399 e. The summed E-state index contributed by atoms with van der Waals surface area (Å²) in [6.07, 6.45) is 4.93. The Hall–Kier alpha value is -2.02. The van der Waals surface area contributed by atoms with Crippen LogP contribution in [-0.2, 0) is 0 Å². The number of nitrogens with one attached hydrogen (secondary N) is 1. The SMILES string of the molecule is CN(C)c1cccc(NCC2C=C(N)C=CC2(N)CCC(O)O)c1. The summed E-state index contributed by atoms with van der Waals surface area (Å²) in [7, 11) is 4.00. The lowest BCUT2D eigenvalue weighted by Crippen LogP contribution is -2.49. The molecule has 1 aromatic rings. The van der Waals surface area contributed by atoms with Gasteiger partial charge in [0.2, 0.25) is 0 Å². The molecule has 1 aliphatic carbocycles. The van der Waals surface area contributed by atoms with E-state index in [9.17, 15) is 0 Å². The third-order valence-electron chi connectivity index (χ3n) is 4.39. The molecule has 0 radical (unpaired) electrons. The van der Waals surface area contributed by atoms with E-state index in [-0.39, 0.29) is 12.3 Å². The van der Waals surface area contributed by atoms with Crippen molar-refractivity contribution in [2.24, 2.45) is 17.4 Å². The molecule has 0 fully saturated rings. The highest BCUT2D eigenvalue weighted by Crippen LogP contribution is 2.29. The number of rotatable bonds is 7. The largest absolute Gasteiger partial charge is 0.399 e. The van der Waals surface area contributed by atoms with E-state index < -0.39 is 11.8 Å². The van der Waals surface area contributed by atoms with E-state index in [1.54, 1.807) is 6.08 Å². The summed E-state index contributed by atoms with van der Waals surface area (Å²) in [6.45, 7) is 0.611. The summed E-state index contributed by atoms with van der Waals surface area (Å²) in [5.74, 6) is -0.0377. The lowest BCUT2D eigenvalue weighted by molar-refractivity contribution is -0.0495. The number of allylic oxidation sites excluding steroid dienone is 1. The predicted molar refractivity (Wildman–Crippen MR) is 98.5 cm³/mol. The van der Waals surface area contributed by atoms with E-state index in [1.165, 1.54) is 0 Å². The summed E-state index contributed by atoms with van der Waals surface area (Å²) >= 11 is 0. The van der Waals surface area contributed by atoms with Gasteiger partial charge in [-0.3, -0.25) is 0 Å². The number of hydrogen-bond acceptors (Lipinski definition) is 6. The highest BCUT2D eigenvalue weighted by molar-refractivity contribution is 5.57. The van der Waals surface area contributed by atoms with Crippen LogP contribution in [-0.4, -0.2) is 42.7 Å². The third kappa shape index (κ3) is 4.74. The Kier molecular flexibility index (Phi) is 5.88. The number of hydrogen-bond donors (Lipinski definition) is 5. The Morgan fingerprint density at radius 2 is 2.08 bits per heavy atom. The van der Waals surface area contributed by atoms with Crippen LogP contribution in [0.5, 0.6) is 0 Å². The summed E-state index contributed by atoms with van der Waals surface area (Å²) in [4.78, 5) is 2.04. The van der Waals surface area contributed by atoms with Crippen LogP contribution in [0.3, 0.4) is 0 Å². The summed E-state index contributed by atoms with van der Waals surface area (Å²) in [5, 5.41) is 21.7. The zero-order valence-electron chi connectivity index (χ0n) is 14.3. The van der Waals surface area contributed by atoms with Crippen LogP contribution in [0.25, 0.3) is 0 Å². The van der Waals surface area contributed by atoms with E-state index in [0.29, 0.717) is 18.7 Å². The van der Waals surface area contributed by atoms with Crippen molar-refractivity contribution >= 4 is 11.4 Å². The smallest absolute Gasteiger partial charge is 0.151 e. The highest BCUT2D eigenvalue weighted by Gasteiger charge is 2.33. The molecule has 1 aliphatic rings. The summed E-state index contributed by atoms with van der Waals surface area (Å²) < 4.78 is 0. The van der Waals surface area contributed by atoms with Gasteiger partial charge in [0.15, 0.2) is 6.29 Å². The van der Waals surface area contributed by atoms with Crippen molar-refractivity contribution in [1.29, 1.82) is 0 Å². The fourth-order valence-corrected chi connectivity index (χ4v) is 2.84. The zero-order valence-corrected chi connectivity index (χ0v) is 14.3. The Bertz CT molecular complexity index is 613. The van der Waals surface area contributed by atoms with Gasteiger partial charge in [-0.25, -0.2) is 0 Å². The van der Waals surface area contributed by atoms with Crippen LogP contribution in [0, 0.1) is 5.92 Å². The maximum Gasteiger partial charge on any atom is 0.151 e. The third-order valence-corrected chi connectivity index (χ3v) is 4.39. The van der Waals surface area contributed by atoms with Gasteiger partial charge in [0.25, 0.3) is 0 Å². The maximum absolute atomic E-state index is 9.14. The maximum atomic E-state index is 9.14. The van der Waals surface area contributed by atoms with Crippen molar-refractivity contribution in [2.75, 3.05) is 30.9 Å². The number of aliphatic hydroxyl groups excluding tert-OH is 1. The van der Waals surface area contributed by atoms with Crippen LogP contribution in [0.2, 0.25) is 0 Å². The average Bonchev–Trinajstić information content (AvgIpc) is 2.54. The molecular formula is C18H28N4O2. The molecule has 0 amide bonds. The lowest BCUT2D eigenvalue weighted by Gasteiger charge is -2.36. The highest BCUT2D eigenvalue weighted by atomic mass is 16.5. The van der Waals surface area contributed by atoms with Crippen molar-refractivity contribution in [1.82, 2.24) is 0 Å². The van der Waals surface area contributed by atoms with Gasteiger partial charge in [0.05, 0.1) is 0 Å². The quantitative estimate of drug-likeness (QED) is 0.477. The van der Waals surface area contributed by atoms with Crippen LogP contribution < -0.4 is 21.7 Å². The van der Waals surface area contributed by atoms with Crippen molar-refractivity contribution < 1.29 is 10.2 Å². The number of benzene rings is 1. The fourth-order valence-electron chi connectivity index (χ4n) is 2.84. The normalized spacial score (nSPS) is 23.2. The van der Waals surface area contributed by atoms with Gasteiger partial charge in [-0.1, -0.05) is 18.2 Å². The molecule has 6 nitrogen and oxygen atoms in total. The van der Waals surface area contributed by atoms with Gasteiger partial charge >= 0.3 is 0 Å². The van der Waals surface area contributed by atoms with Gasteiger partial charge < -0.3 is 31.9 Å². The molecule has 2 unspecified atom stereocenters. The molecule has 2 atom stereocenters. The van der Waals surface area contributed by atoms with E-state index in [0.717, 1.165) is 11.4 Å². The minimum absolute atomic E-state index is 0.0377. The molecule has 2 rings (SSSR count). The Labute approximate surface area is 143 Å². The predicted octanol–water partition coefficient (Wildman–Crippen LogP) is 0.981. The number of anilines is 2. The van der Waals surface area contributed by atoms with E-state index >= 15 is 0 Å². The molecule has 0 spiro atoms. The second kappa shape index (κ2) is 7.70. The van der Waals surface area contributed by atoms with E-state index in [1.807, 2.05) is 49.3 Å². The minimum atomic E-state index is -1.35. The number of nitrogens with two attached hydrogens (primary N) is 2. The van der Waals surface area contributed by atoms with Crippen molar-refractivity contribution in [3.63, 3.8) is 0 Å². The first-order valence-corrected chi connectivity index (χ1v) is 8.13. The van der Waals surface area contributed by atoms with Crippen LogP contribution >= 0.6 is 0 Å². The van der Waals surface area contributed by atoms with Gasteiger partial charge in [-0.2, -0.15) is 0 Å². The Morgan fingerprint density at radius 3 is 2.75 bits per heavy atom. The standard InChI is InChI=1S/C18H28N4O2/c1-22(2)16-5-3-4-15(11-16)21-12-13-10-14(19)6-8-18(13,20)9-7-17(23)24/h3-6,8,10-11,13,17,21,23-24H,7,9,12,19-20H2,1-2H3. The van der Waals surface area contributed by atoms with E-state index in [2.05, 4.69) is 11.4 Å². The molecule has 24 heavy (non-hydrogen) atoms. The first kappa shape index (κ1) is 18.3. The molecule has 132 valence electrons. The topological polar surface area (TPSA) is 108 Å². The summed E-state index contributed by atoms with van der Waals surface area (Å²) in [5.41, 5.74) is 14.6. The first-order chi connectivity index (χ1) is 11.3. The monoisotopic (exact) mass is 332 g/mol. The fraction of sp³-hybridized carbons (Fsp3) is 0.444. The number of nitrogens with zero attached hydrogens (tertiary/aromatic N) is 1. The molecular weight excluding hydrogens is 304 g/mol. The average molecular weight is 332 g/mol. The summed E-state index contributed by atoms with van der Waals surface area (Å²) in [6, 6.07) is 8.12. The van der Waals surface area contributed by atoms with Crippen molar-refractivity contribution in [3.05, 3.63) is 48.2 Å². The molecule has 0 aromatic heterocycles. The van der Waals surface area contributed by atoms with Crippen molar-refractivity contribution in [3.8, 4) is 0 Å². The number of aliphatic hydroxyl groups is 2. The van der Waals surface area contributed by atoms with Gasteiger partial charge in [-0.05, 0) is 37.1 Å². The second-order valence-electron chi connectivity index (χ2n) is 6.56. The van der Waals surface area contributed by atoms with E-state index in [4.69, 9.17) is 21.7 Å². The van der Waals surface area contributed by atoms with Crippen LogP contribution in [0.15, 0.2) is 48.2 Å². The Morgan fingerprint density at radius 1 is 1.33 bits per heavy atom. The van der Waals surface area contributed by atoms with Crippen molar-refractivity contribution in [2.45, 2.75) is 24.7 Å². The molecule has 1 aromatic carbocycles. The molecule has 6 heteroatoms. The van der Waals surface area contributed by atoms with Crippen LogP contribution in [0.1, 0.15) is 12.8 Å². The van der Waals surface area contributed by atoms with Gasteiger partial charge in [-0.15, -0.1) is 0 Å².